The maximum Gasteiger partial charge on any atom is 0.121 e. The normalized spacial score (nSPS) is 11.7. The van der Waals surface area contributed by atoms with E-state index in [1.165, 1.54) is 5.56 Å². The Morgan fingerprint density at radius 3 is 2.67 bits per heavy atom. The van der Waals surface area contributed by atoms with Gasteiger partial charge in [0.1, 0.15) is 5.76 Å². The second-order valence-corrected chi connectivity index (χ2v) is 4.51. The molecule has 0 atom stereocenters. The van der Waals surface area contributed by atoms with Gasteiger partial charge in [0, 0.05) is 31.8 Å². The summed E-state index contributed by atoms with van der Waals surface area (Å²) in [6.07, 6.45) is 4.02. The van der Waals surface area contributed by atoms with Gasteiger partial charge in [0.25, 0.3) is 0 Å². The lowest BCUT2D eigenvalue weighted by Crippen LogP contribution is -2.36. The Hall–Kier alpha value is -0.840. The van der Waals surface area contributed by atoms with E-state index in [0.717, 1.165) is 38.3 Å². The molecule has 0 radical (unpaired) electrons. The monoisotopic (exact) mass is 254 g/mol. The largest absolute Gasteiger partial charge is 0.468 e. The fourth-order valence-corrected chi connectivity index (χ4v) is 2.31. The molecule has 1 aromatic rings. The third-order valence-corrected chi connectivity index (χ3v) is 3.44. The van der Waals surface area contributed by atoms with Crippen molar-refractivity contribution in [2.45, 2.75) is 45.8 Å². The summed E-state index contributed by atoms with van der Waals surface area (Å²) in [5, 5.41) is 0. The van der Waals surface area contributed by atoms with E-state index in [-0.39, 0.29) is 0 Å². The van der Waals surface area contributed by atoms with Gasteiger partial charge in [-0.15, -0.1) is 0 Å². The molecule has 0 aliphatic rings. The first kappa shape index (κ1) is 15.2. The van der Waals surface area contributed by atoms with E-state index in [9.17, 15) is 0 Å². The minimum Gasteiger partial charge on any atom is -0.468 e. The van der Waals surface area contributed by atoms with Gasteiger partial charge in [-0.3, -0.25) is 4.90 Å². The Labute approximate surface area is 110 Å². The SMILES string of the molecule is CCC(CC)N(CCOC)Cc1ccoc1CN. The first-order valence-electron chi connectivity index (χ1n) is 6.75. The number of ether oxygens (including phenoxy) is 1. The van der Waals surface area contributed by atoms with Gasteiger partial charge in [-0.2, -0.15) is 0 Å². The van der Waals surface area contributed by atoms with Gasteiger partial charge in [0.05, 0.1) is 19.4 Å². The van der Waals surface area contributed by atoms with E-state index in [2.05, 4.69) is 18.7 Å². The van der Waals surface area contributed by atoms with E-state index in [1.54, 1.807) is 13.4 Å². The van der Waals surface area contributed by atoms with Crippen molar-refractivity contribution in [1.82, 2.24) is 4.90 Å². The molecule has 1 aromatic heterocycles. The van der Waals surface area contributed by atoms with Gasteiger partial charge in [-0.1, -0.05) is 13.8 Å². The molecule has 0 aliphatic heterocycles. The number of rotatable bonds is 9. The second-order valence-electron chi connectivity index (χ2n) is 4.51. The molecule has 1 rings (SSSR count). The van der Waals surface area contributed by atoms with Crippen LogP contribution in [0.15, 0.2) is 16.7 Å². The number of methoxy groups -OCH3 is 1. The van der Waals surface area contributed by atoms with Crippen LogP contribution >= 0.6 is 0 Å². The fraction of sp³-hybridized carbons (Fsp3) is 0.714. The average Bonchev–Trinajstić information content (AvgIpc) is 2.84. The molecule has 4 heteroatoms. The first-order valence-corrected chi connectivity index (χ1v) is 6.75. The Balaban J connectivity index is 2.70. The Morgan fingerprint density at radius 1 is 1.39 bits per heavy atom. The van der Waals surface area contributed by atoms with Crippen molar-refractivity contribution >= 4 is 0 Å². The topological polar surface area (TPSA) is 51.6 Å². The molecule has 0 saturated heterocycles. The maximum atomic E-state index is 5.68. The molecule has 0 aromatic carbocycles. The minimum absolute atomic E-state index is 0.462. The van der Waals surface area contributed by atoms with E-state index in [0.29, 0.717) is 12.6 Å². The van der Waals surface area contributed by atoms with E-state index in [4.69, 9.17) is 14.9 Å². The zero-order valence-corrected chi connectivity index (χ0v) is 11.8. The zero-order chi connectivity index (χ0) is 13.4. The minimum atomic E-state index is 0.462. The Morgan fingerprint density at radius 2 is 2.11 bits per heavy atom. The summed E-state index contributed by atoms with van der Waals surface area (Å²) in [5.41, 5.74) is 6.87. The van der Waals surface area contributed by atoms with Crippen molar-refractivity contribution in [3.8, 4) is 0 Å². The van der Waals surface area contributed by atoms with Crippen molar-refractivity contribution in [3.05, 3.63) is 23.7 Å². The van der Waals surface area contributed by atoms with Crippen LogP contribution in [-0.4, -0.2) is 31.2 Å². The summed E-state index contributed by atoms with van der Waals surface area (Å²) < 4.78 is 10.6. The van der Waals surface area contributed by atoms with E-state index >= 15 is 0 Å². The lowest BCUT2D eigenvalue weighted by molar-refractivity contribution is 0.109. The number of nitrogens with two attached hydrogens (primary N) is 1. The van der Waals surface area contributed by atoms with Gasteiger partial charge in [0.15, 0.2) is 0 Å². The van der Waals surface area contributed by atoms with Crippen molar-refractivity contribution < 1.29 is 9.15 Å². The molecule has 4 nitrogen and oxygen atoms in total. The predicted molar refractivity (Wildman–Crippen MR) is 73.3 cm³/mol. The average molecular weight is 254 g/mol. The molecule has 18 heavy (non-hydrogen) atoms. The molecule has 1 heterocycles. The highest BCUT2D eigenvalue weighted by molar-refractivity contribution is 5.16. The highest BCUT2D eigenvalue weighted by Crippen LogP contribution is 2.17. The van der Waals surface area contributed by atoms with Crippen LogP contribution < -0.4 is 5.73 Å². The number of nitrogens with zero attached hydrogens (tertiary/aromatic N) is 1. The third-order valence-electron chi connectivity index (χ3n) is 3.44. The van der Waals surface area contributed by atoms with Crippen LogP contribution in [0.4, 0.5) is 0 Å². The summed E-state index contributed by atoms with van der Waals surface area (Å²) in [7, 11) is 1.74. The molecule has 0 aliphatic carbocycles. The van der Waals surface area contributed by atoms with Crippen molar-refractivity contribution in [3.63, 3.8) is 0 Å². The van der Waals surface area contributed by atoms with Crippen molar-refractivity contribution in [2.75, 3.05) is 20.3 Å². The highest BCUT2D eigenvalue weighted by atomic mass is 16.5. The lowest BCUT2D eigenvalue weighted by Gasteiger charge is -2.30. The summed E-state index contributed by atoms with van der Waals surface area (Å²) in [6, 6.07) is 2.60. The quantitative estimate of drug-likeness (QED) is 0.735. The second kappa shape index (κ2) is 8.29. The molecule has 0 saturated carbocycles. The summed E-state index contributed by atoms with van der Waals surface area (Å²) in [6.45, 7) is 7.51. The molecule has 104 valence electrons. The summed E-state index contributed by atoms with van der Waals surface area (Å²) in [5.74, 6) is 0.892. The van der Waals surface area contributed by atoms with Gasteiger partial charge in [0.2, 0.25) is 0 Å². The zero-order valence-electron chi connectivity index (χ0n) is 11.8. The van der Waals surface area contributed by atoms with Crippen LogP contribution in [-0.2, 0) is 17.8 Å². The molecule has 0 unspecified atom stereocenters. The summed E-state index contributed by atoms with van der Waals surface area (Å²) in [4.78, 5) is 2.45. The molecule has 0 fully saturated rings. The van der Waals surface area contributed by atoms with Crippen LogP contribution in [0.25, 0.3) is 0 Å². The Bertz CT molecular complexity index is 321. The smallest absolute Gasteiger partial charge is 0.121 e. The van der Waals surface area contributed by atoms with Crippen molar-refractivity contribution in [2.24, 2.45) is 5.73 Å². The first-order chi connectivity index (χ1) is 8.76. The van der Waals surface area contributed by atoms with E-state index in [1.807, 2.05) is 6.07 Å². The van der Waals surface area contributed by atoms with Crippen LogP contribution in [0.3, 0.4) is 0 Å². The van der Waals surface area contributed by atoms with Crippen molar-refractivity contribution in [1.29, 1.82) is 0 Å². The molecule has 0 spiro atoms. The fourth-order valence-electron chi connectivity index (χ4n) is 2.31. The van der Waals surface area contributed by atoms with Crippen LogP contribution in [0.2, 0.25) is 0 Å². The van der Waals surface area contributed by atoms with Gasteiger partial charge in [-0.05, 0) is 18.9 Å². The number of hydrogen-bond donors (Lipinski definition) is 1. The number of furan rings is 1. The standard InChI is InChI=1S/C14H26N2O2/c1-4-13(5-2)16(7-9-17-3)11-12-6-8-18-14(12)10-15/h6,8,13H,4-5,7,9-11,15H2,1-3H3. The van der Waals surface area contributed by atoms with Gasteiger partial charge < -0.3 is 14.9 Å². The highest BCUT2D eigenvalue weighted by Gasteiger charge is 2.17. The molecular formula is C14H26N2O2. The van der Waals surface area contributed by atoms with Crippen LogP contribution in [0.1, 0.15) is 38.0 Å². The van der Waals surface area contributed by atoms with Gasteiger partial charge in [-0.25, -0.2) is 0 Å². The predicted octanol–water partition coefficient (Wildman–Crippen LogP) is 2.38. The van der Waals surface area contributed by atoms with Crippen LogP contribution in [0, 0.1) is 0 Å². The maximum absolute atomic E-state index is 5.68. The number of hydrogen-bond acceptors (Lipinski definition) is 4. The summed E-state index contributed by atoms with van der Waals surface area (Å²) >= 11 is 0. The lowest BCUT2D eigenvalue weighted by atomic mass is 10.1. The van der Waals surface area contributed by atoms with Crippen LogP contribution in [0.5, 0.6) is 0 Å². The molecule has 2 N–H and O–H groups in total. The molecule has 0 bridgehead atoms. The van der Waals surface area contributed by atoms with E-state index < -0.39 is 0 Å². The Kier molecular flexibility index (Phi) is 7.01. The third kappa shape index (κ3) is 4.12. The molecular weight excluding hydrogens is 228 g/mol. The van der Waals surface area contributed by atoms with Gasteiger partial charge >= 0.3 is 0 Å². The molecule has 0 amide bonds.